The molecule has 1 amide bonds. The molecule has 3 aromatic rings. The van der Waals surface area contributed by atoms with Gasteiger partial charge in [0.25, 0.3) is 10.0 Å². The lowest BCUT2D eigenvalue weighted by atomic mass is 9.98. The standard InChI is InChI=1S/C21H24N4O4S2/c1-14-6-3-4-7-16(14)11-22-21(26)17-8-5-9-25(12-17)31(27,28)19-10-18(13-30-19)20-23-15(2)29-24-20/h3-4,6-7,10,13,17H,5,8-9,11-12H2,1-2H3,(H,22,26)/t17-/m0/s1. The molecule has 0 spiro atoms. The predicted molar refractivity (Wildman–Crippen MR) is 117 cm³/mol. The SMILES string of the molecule is Cc1nc(-c2csc(S(=O)(=O)N3CCC[C@H](C(=O)NCc4ccccc4C)C3)c2)no1. The normalized spacial score (nSPS) is 17.5. The summed E-state index contributed by atoms with van der Waals surface area (Å²) in [6.07, 6.45) is 1.31. The van der Waals surface area contributed by atoms with Gasteiger partial charge in [-0.1, -0.05) is 29.4 Å². The van der Waals surface area contributed by atoms with Gasteiger partial charge in [0.15, 0.2) is 0 Å². The van der Waals surface area contributed by atoms with Crippen LogP contribution in [0.2, 0.25) is 0 Å². The highest BCUT2D eigenvalue weighted by Gasteiger charge is 2.34. The molecule has 4 rings (SSSR count). The van der Waals surface area contributed by atoms with Crippen LogP contribution in [0.3, 0.4) is 0 Å². The molecule has 8 nitrogen and oxygen atoms in total. The minimum atomic E-state index is -3.70. The van der Waals surface area contributed by atoms with Crippen molar-refractivity contribution in [2.45, 2.75) is 37.4 Å². The molecule has 1 aromatic carbocycles. The van der Waals surface area contributed by atoms with Crippen LogP contribution < -0.4 is 5.32 Å². The fraction of sp³-hybridized carbons (Fsp3) is 0.381. The van der Waals surface area contributed by atoms with E-state index in [9.17, 15) is 13.2 Å². The maximum absolute atomic E-state index is 13.2. The van der Waals surface area contributed by atoms with E-state index in [0.29, 0.717) is 43.2 Å². The van der Waals surface area contributed by atoms with Crippen LogP contribution in [-0.4, -0.2) is 41.9 Å². The van der Waals surface area contributed by atoms with E-state index in [4.69, 9.17) is 4.52 Å². The number of rotatable bonds is 6. The summed E-state index contributed by atoms with van der Waals surface area (Å²) in [7, 11) is -3.70. The summed E-state index contributed by atoms with van der Waals surface area (Å²) in [5, 5.41) is 8.51. The summed E-state index contributed by atoms with van der Waals surface area (Å²) in [5.41, 5.74) is 2.77. The maximum Gasteiger partial charge on any atom is 0.252 e. The Morgan fingerprint density at radius 3 is 2.87 bits per heavy atom. The zero-order valence-corrected chi connectivity index (χ0v) is 19.0. The number of nitrogens with zero attached hydrogens (tertiary/aromatic N) is 3. The van der Waals surface area contributed by atoms with Crippen LogP contribution in [0, 0.1) is 19.8 Å². The van der Waals surface area contributed by atoms with E-state index in [0.717, 1.165) is 22.5 Å². The van der Waals surface area contributed by atoms with Crippen LogP contribution >= 0.6 is 11.3 Å². The molecule has 0 saturated carbocycles. The first-order valence-corrected chi connectivity index (χ1v) is 12.4. The predicted octanol–water partition coefficient (Wildman–Crippen LogP) is 3.13. The second-order valence-electron chi connectivity index (χ2n) is 7.64. The van der Waals surface area contributed by atoms with Gasteiger partial charge in [0.1, 0.15) is 4.21 Å². The van der Waals surface area contributed by atoms with Crippen LogP contribution in [0.4, 0.5) is 0 Å². The second kappa shape index (κ2) is 8.89. The van der Waals surface area contributed by atoms with Crippen LogP contribution in [0.5, 0.6) is 0 Å². The van der Waals surface area contributed by atoms with E-state index in [-0.39, 0.29) is 22.6 Å². The zero-order valence-electron chi connectivity index (χ0n) is 17.4. The molecule has 164 valence electrons. The molecule has 0 radical (unpaired) electrons. The van der Waals surface area contributed by atoms with Gasteiger partial charge in [-0.25, -0.2) is 8.42 Å². The van der Waals surface area contributed by atoms with Crippen molar-refractivity contribution in [1.29, 1.82) is 0 Å². The van der Waals surface area contributed by atoms with Gasteiger partial charge in [-0.3, -0.25) is 4.79 Å². The van der Waals surface area contributed by atoms with Crippen molar-refractivity contribution in [3.63, 3.8) is 0 Å². The third kappa shape index (κ3) is 4.70. The zero-order chi connectivity index (χ0) is 22.0. The number of aryl methyl sites for hydroxylation is 2. The van der Waals surface area contributed by atoms with Crippen LogP contribution in [-0.2, 0) is 21.4 Å². The molecule has 1 fully saturated rings. The van der Waals surface area contributed by atoms with Gasteiger partial charge in [0.05, 0.1) is 5.92 Å². The Labute approximate surface area is 185 Å². The average Bonchev–Trinajstić information content (AvgIpc) is 3.42. The molecule has 3 heterocycles. The molecular formula is C21H24N4O4S2. The van der Waals surface area contributed by atoms with Crippen molar-refractivity contribution in [3.05, 3.63) is 52.7 Å². The Morgan fingerprint density at radius 2 is 2.13 bits per heavy atom. The van der Waals surface area contributed by atoms with E-state index in [1.165, 1.54) is 4.31 Å². The highest BCUT2D eigenvalue weighted by molar-refractivity contribution is 7.91. The minimum absolute atomic E-state index is 0.114. The fourth-order valence-electron chi connectivity index (χ4n) is 3.62. The summed E-state index contributed by atoms with van der Waals surface area (Å²) in [6, 6.07) is 9.44. The average molecular weight is 461 g/mol. The monoisotopic (exact) mass is 460 g/mol. The van der Waals surface area contributed by atoms with Gasteiger partial charge in [0, 0.05) is 37.5 Å². The summed E-state index contributed by atoms with van der Waals surface area (Å²) < 4.78 is 32.9. The number of hydrogen-bond acceptors (Lipinski definition) is 7. The second-order valence-corrected chi connectivity index (χ2v) is 10.7. The van der Waals surface area contributed by atoms with Gasteiger partial charge in [-0.2, -0.15) is 9.29 Å². The lowest BCUT2D eigenvalue weighted by molar-refractivity contribution is -0.126. The van der Waals surface area contributed by atoms with Crippen molar-refractivity contribution in [2.75, 3.05) is 13.1 Å². The Hall–Kier alpha value is -2.56. The molecule has 0 unspecified atom stereocenters. The Balaban J connectivity index is 1.43. The summed E-state index contributed by atoms with van der Waals surface area (Å²) in [4.78, 5) is 16.9. The maximum atomic E-state index is 13.2. The molecule has 1 saturated heterocycles. The third-order valence-corrected chi connectivity index (χ3v) is 8.70. The number of aromatic nitrogens is 2. The van der Waals surface area contributed by atoms with E-state index in [2.05, 4.69) is 15.5 Å². The van der Waals surface area contributed by atoms with Crippen LogP contribution in [0.1, 0.15) is 29.9 Å². The van der Waals surface area contributed by atoms with Crippen LogP contribution in [0.25, 0.3) is 11.4 Å². The highest BCUT2D eigenvalue weighted by Crippen LogP contribution is 2.31. The third-order valence-electron chi connectivity index (χ3n) is 5.42. The van der Waals surface area contributed by atoms with Crippen molar-refractivity contribution in [3.8, 4) is 11.4 Å². The number of thiophene rings is 1. The molecule has 1 aliphatic heterocycles. The van der Waals surface area contributed by atoms with Crippen molar-refractivity contribution in [1.82, 2.24) is 19.8 Å². The molecule has 1 atom stereocenters. The summed E-state index contributed by atoms with van der Waals surface area (Å²) in [5.74, 6) is 0.299. The minimum Gasteiger partial charge on any atom is -0.352 e. The number of piperidine rings is 1. The topological polar surface area (TPSA) is 105 Å². The number of carbonyl (C=O) groups excluding carboxylic acids is 1. The number of sulfonamides is 1. The van der Waals surface area contributed by atoms with E-state index in [1.54, 1.807) is 18.4 Å². The van der Waals surface area contributed by atoms with Crippen LogP contribution in [0.15, 0.2) is 44.4 Å². The van der Waals surface area contributed by atoms with Crippen molar-refractivity contribution < 1.29 is 17.7 Å². The van der Waals surface area contributed by atoms with E-state index >= 15 is 0 Å². The molecule has 1 aliphatic rings. The number of amides is 1. The van der Waals surface area contributed by atoms with Crippen molar-refractivity contribution >= 4 is 27.3 Å². The number of nitrogens with one attached hydrogen (secondary N) is 1. The first-order valence-electron chi connectivity index (χ1n) is 10.1. The Morgan fingerprint density at radius 1 is 1.32 bits per heavy atom. The molecular weight excluding hydrogens is 436 g/mol. The van der Waals surface area contributed by atoms with Gasteiger partial charge in [-0.05, 0) is 37.0 Å². The van der Waals surface area contributed by atoms with Gasteiger partial charge < -0.3 is 9.84 Å². The molecule has 10 heteroatoms. The molecule has 1 N–H and O–H groups in total. The van der Waals surface area contributed by atoms with E-state index < -0.39 is 10.0 Å². The number of carbonyl (C=O) groups is 1. The summed E-state index contributed by atoms with van der Waals surface area (Å²) in [6.45, 7) is 4.70. The highest BCUT2D eigenvalue weighted by atomic mass is 32.2. The lowest BCUT2D eigenvalue weighted by Gasteiger charge is -2.30. The number of benzene rings is 1. The first-order chi connectivity index (χ1) is 14.8. The molecule has 0 bridgehead atoms. The van der Waals surface area contributed by atoms with Gasteiger partial charge in [-0.15, -0.1) is 11.3 Å². The summed E-state index contributed by atoms with van der Waals surface area (Å²) >= 11 is 1.12. The van der Waals surface area contributed by atoms with E-state index in [1.807, 2.05) is 31.2 Å². The fourth-order valence-corrected chi connectivity index (χ4v) is 6.46. The Kier molecular flexibility index (Phi) is 6.22. The van der Waals surface area contributed by atoms with Gasteiger partial charge in [0.2, 0.25) is 17.6 Å². The molecule has 31 heavy (non-hydrogen) atoms. The Bertz CT molecular complexity index is 1190. The first kappa shape index (κ1) is 21.7. The molecule has 2 aromatic heterocycles. The lowest BCUT2D eigenvalue weighted by Crippen LogP contribution is -2.45. The largest absolute Gasteiger partial charge is 0.352 e. The quantitative estimate of drug-likeness (QED) is 0.606. The van der Waals surface area contributed by atoms with Gasteiger partial charge >= 0.3 is 0 Å². The van der Waals surface area contributed by atoms with Crippen molar-refractivity contribution in [2.24, 2.45) is 5.92 Å². The smallest absolute Gasteiger partial charge is 0.252 e. The number of hydrogen-bond donors (Lipinski definition) is 1. The molecule has 0 aliphatic carbocycles.